The van der Waals surface area contributed by atoms with Crippen molar-refractivity contribution in [3.05, 3.63) is 137 Å². The Morgan fingerprint density at radius 2 is 1.21 bits per heavy atom. The highest BCUT2D eigenvalue weighted by molar-refractivity contribution is 9.10. The molecule has 0 aromatic heterocycles. The number of benzene rings is 4. The molecule has 1 aliphatic rings. The van der Waals surface area contributed by atoms with E-state index in [1.165, 1.54) is 39.2 Å². The van der Waals surface area contributed by atoms with Crippen molar-refractivity contribution in [2.24, 2.45) is 0 Å². The first-order chi connectivity index (χ1) is 16.3. The number of hydrogen-bond donors (Lipinski definition) is 0. The molecule has 0 aliphatic heterocycles. The summed E-state index contributed by atoms with van der Waals surface area (Å²) < 4.78 is 1.13. The first-order valence-electron chi connectivity index (χ1n) is 11.4. The van der Waals surface area contributed by atoms with Crippen molar-refractivity contribution < 1.29 is 0 Å². The summed E-state index contributed by atoms with van der Waals surface area (Å²) in [5, 5.41) is 0. The molecule has 4 aromatic rings. The van der Waals surface area contributed by atoms with Crippen LogP contribution < -0.4 is 4.90 Å². The van der Waals surface area contributed by atoms with Crippen molar-refractivity contribution in [1.29, 1.82) is 0 Å². The van der Waals surface area contributed by atoms with E-state index in [-0.39, 0.29) is 0 Å². The van der Waals surface area contributed by atoms with Crippen molar-refractivity contribution in [3.8, 4) is 11.1 Å². The highest BCUT2D eigenvalue weighted by Crippen LogP contribution is 2.33. The predicted molar refractivity (Wildman–Crippen MR) is 145 cm³/mol. The number of allylic oxidation sites excluding steroid dienone is 4. The molecule has 0 saturated heterocycles. The molecule has 0 unspecified atom stereocenters. The van der Waals surface area contributed by atoms with Crippen LogP contribution >= 0.6 is 15.9 Å². The summed E-state index contributed by atoms with van der Waals surface area (Å²) in [5.74, 6) is 0. The third-order valence-electron chi connectivity index (χ3n) is 6.08. The molecule has 0 saturated carbocycles. The lowest BCUT2D eigenvalue weighted by Gasteiger charge is -2.26. The van der Waals surface area contributed by atoms with Crippen LogP contribution in [0.1, 0.15) is 24.0 Å². The lowest BCUT2D eigenvalue weighted by Crippen LogP contribution is -2.16. The lowest BCUT2D eigenvalue weighted by atomic mass is 9.99. The fraction of sp³-hybridized carbons (Fsp3) is 0.0968. The summed E-state index contributed by atoms with van der Waals surface area (Å²) in [6.45, 7) is 0.786. The zero-order chi connectivity index (χ0) is 22.5. The molecule has 0 N–H and O–H groups in total. The fourth-order valence-corrected chi connectivity index (χ4v) is 4.66. The second-order valence-electron chi connectivity index (χ2n) is 8.28. The maximum absolute atomic E-state index is 3.73. The van der Waals surface area contributed by atoms with E-state index in [2.05, 4.69) is 142 Å². The minimum atomic E-state index is 0.786. The van der Waals surface area contributed by atoms with Gasteiger partial charge in [-0.05, 0) is 71.0 Å². The number of anilines is 2. The molecule has 1 nitrogen and oxygen atoms in total. The Labute approximate surface area is 204 Å². The molecular weight excluding hydrogens is 466 g/mol. The zero-order valence-electron chi connectivity index (χ0n) is 18.5. The van der Waals surface area contributed by atoms with E-state index < -0.39 is 0 Å². The van der Waals surface area contributed by atoms with Gasteiger partial charge in [0.2, 0.25) is 0 Å². The third kappa shape index (κ3) is 5.02. The Morgan fingerprint density at radius 1 is 0.606 bits per heavy atom. The second kappa shape index (κ2) is 10.1. The SMILES string of the molecule is Brc1ccccc1CN(c1ccc(C2=CCCC=C2)cc1)c1ccc(-c2ccccc2)cc1. The average Bonchev–Trinajstić information content (AvgIpc) is 2.90. The van der Waals surface area contributed by atoms with Crippen molar-refractivity contribution in [2.45, 2.75) is 19.4 Å². The molecular formula is C31H26BrN. The van der Waals surface area contributed by atoms with E-state index in [1.807, 2.05) is 0 Å². The number of rotatable bonds is 6. The molecule has 0 fully saturated rings. The van der Waals surface area contributed by atoms with Crippen LogP contribution in [0.5, 0.6) is 0 Å². The van der Waals surface area contributed by atoms with Gasteiger partial charge in [0.1, 0.15) is 0 Å². The first-order valence-corrected chi connectivity index (χ1v) is 12.2. The average molecular weight is 492 g/mol. The van der Waals surface area contributed by atoms with Crippen LogP contribution in [0, 0.1) is 0 Å². The third-order valence-corrected chi connectivity index (χ3v) is 6.85. The monoisotopic (exact) mass is 491 g/mol. The summed E-state index contributed by atoms with van der Waals surface area (Å²) in [6, 6.07) is 36.8. The molecule has 33 heavy (non-hydrogen) atoms. The van der Waals surface area contributed by atoms with Crippen molar-refractivity contribution >= 4 is 32.9 Å². The summed E-state index contributed by atoms with van der Waals surface area (Å²) in [5.41, 5.74) is 8.67. The molecule has 162 valence electrons. The van der Waals surface area contributed by atoms with Crippen LogP contribution in [-0.4, -0.2) is 0 Å². The molecule has 0 radical (unpaired) electrons. The highest BCUT2D eigenvalue weighted by Gasteiger charge is 2.13. The van der Waals surface area contributed by atoms with E-state index in [0.29, 0.717) is 0 Å². The summed E-state index contributed by atoms with van der Waals surface area (Å²) >= 11 is 3.73. The Hall–Kier alpha value is -3.36. The van der Waals surface area contributed by atoms with Crippen LogP contribution in [0.25, 0.3) is 16.7 Å². The molecule has 5 rings (SSSR count). The first kappa shape index (κ1) is 21.5. The van der Waals surface area contributed by atoms with Gasteiger partial charge >= 0.3 is 0 Å². The van der Waals surface area contributed by atoms with Crippen LogP contribution in [-0.2, 0) is 6.54 Å². The Balaban J connectivity index is 1.49. The highest BCUT2D eigenvalue weighted by atomic mass is 79.9. The Kier molecular flexibility index (Phi) is 6.55. The van der Waals surface area contributed by atoms with Gasteiger partial charge in [0.15, 0.2) is 0 Å². The van der Waals surface area contributed by atoms with Crippen LogP contribution in [0.2, 0.25) is 0 Å². The minimum absolute atomic E-state index is 0.786. The maximum Gasteiger partial charge on any atom is 0.0492 e. The fourth-order valence-electron chi connectivity index (χ4n) is 4.25. The van der Waals surface area contributed by atoms with E-state index in [1.54, 1.807) is 0 Å². The maximum atomic E-state index is 3.73. The van der Waals surface area contributed by atoms with Gasteiger partial charge in [-0.25, -0.2) is 0 Å². The van der Waals surface area contributed by atoms with Crippen LogP contribution in [0.4, 0.5) is 11.4 Å². The van der Waals surface area contributed by atoms with Gasteiger partial charge in [0.05, 0.1) is 0 Å². The van der Waals surface area contributed by atoms with E-state index in [4.69, 9.17) is 0 Å². The molecule has 1 aliphatic carbocycles. The molecule has 0 amide bonds. The molecule has 4 aromatic carbocycles. The van der Waals surface area contributed by atoms with Gasteiger partial charge in [0.25, 0.3) is 0 Å². The van der Waals surface area contributed by atoms with Gasteiger partial charge in [-0.15, -0.1) is 0 Å². The lowest BCUT2D eigenvalue weighted by molar-refractivity contribution is 0.969. The quantitative estimate of drug-likeness (QED) is 0.259. The van der Waals surface area contributed by atoms with Crippen molar-refractivity contribution in [2.75, 3.05) is 4.90 Å². The summed E-state index contributed by atoms with van der Waals surface area (Å²) in [7, 11) is 0. The van der Waals surface area contributed by atoms with E-state index in [9.17, 15) is 0 Å². The van der Waals surface area contributed by atoms with Crippen LogP contribution in [0.3, 0.4) is 0 Å². The molecule has 0 bridgehead atoms. The predicted octanol–water partition coefficient (Wildman–Crippen LogP) is 9.19. The van der Waals surface area contributed by atoms with Gasteiger partial charge in [-0.1, -0.05) is 107 Å². The van der Waals surface area contributed by atoms with Gasteiger partial charge in [-0.2, -0.15) is 0 Å². The normalized spacial score (nSPS) is 12.9. The standard InChI is InChI=1S/C31H26BrN/c32-31-14-8-7-13-28(31)23-33(29-19-15-26(16-20-29)24-9-3-1-4-10-24)30-21-17-27(18-22-30)25-11-5-2-6-12-25/h1,3-5,7-22H,2,6,23H2. The van der Waals surface area contributed by atoms with Gasteiger partial charge in [0, 0.05) is 22.4 Å². The van der Waals surface area contributed by atoms with Crippen LogP contribution in [0.15, 0.2) is 126 Å². The van der Waals surface area contributed by atoms with Gasteiger partial charge in [-0.3, -0.25) is 0 Å². The summed E-state index contributed by atoms with van der Waals surface area (Å²) in [6.07, 6.45) is 9.09. The summed E-state index contributed by atoms with van der Waals surface area (Å²) in [4.78, 5) is 2.38. The van der Waals surface area contributed by atoms with E-state index >= 15 is 0 Å². The number of halogens is 1. The second-order valence-corrected chi connectivity index (χ2v) is 9.13. The molecule has 0 heterocycles. The smallest absolute Gasteiger partial charge is 0.0492 e. The Bertz CT molecular complexity index is 1270. The van der Waals surface area contributed by atoms with Gasteiger partial charge < -0.3 is 4.90 Å². The zero-order valence-corrected chi connectivity index (χ0v) is 20.1. The molecule has 0 spiro atoms. The topological polar surface area (TPSA) is 3.24 Å². The van der Waals surface area contributed by atoms with E-state index in [0.717, 1.165) is 23.9 Å². The van der Waals surface area contributed by atoms with Crippen molar-refractivity contribution in [1.82, 2.24) is 0 Å². The minimum Gasteiger partial charge on any atom is -0.337 e. The number of hydrogen-bond acceptors (Lipinski definition) is 1. The molecule has 0 atom stereocenters. The number of nitrogens with zero attached hydrogens (tertiary/aromatic N) is 1. The Morgan fingerprint density at radius 3 is 1.85 bits per heavy atom. The molecule has 2 heteroatoms. The largest absolute Gasteiger partial charge is 0.337 e. The van der Waals surface area contributed by atoms with Crippen molar-refractivity contribution in [3.63, 3.8) is 0 Å².